The summed E-state index contributed by atoms with van der Waals surface area (Å²) in [6.07, 6.45) is 8.03. The van der Waals surface area contributed by atoms with Gasteiger partial charge in [-0.3, -0.25) is 0 Å². The number of pyridine rings is 8. The lowest BCUT2D eigenvalue weighted by atomic mass is 10.1. The summed E-state index contributed by atoms with van der Waals surface area (Å²) in [5.74, 6) is -4.77. The van der Waals surface area contributed by atoms with Gasteiger partial charge in [-0.1, -0.05) is 54.6 Å². The molecule has 0 radical (unpaired) electrons. The molecule has 0 saturated carbocycles. The van der Waals surface area contributed by atoms with Crippen molar-refractivity contribution in [1.82, 2.24) is 38.2 Å². The van der Waals surface area contributed by atoms with Crippen LogP contribution in [0, 0.1) is 68.9 Å². The molecule has 0 atom stereocenters. The Morgan fingerprint density at radius 1 is 0.261 bits per heavy atom. The molecule has 0 aliphatic heterocycles. The van der Waals surface area contributed by atoms with E-state index in [0.29, 0.717) is 55.2 Å². The van der Waals surface area contributed by atoms with Crippen LogP contribution in [0.5, 0.6) is 0 Å². The third kappa shape index (κ3) is 11.0. The van der Waals surface area contributed by atoms with Crippen LogP contribution < -0.4 is 18.3 Å². The van der Waals surface area contributed by atoms with Gasteiger partial charge >= 0.3 is 0 Å². The second-order valence-electron chi connectivity index (χ2n) is 30.0. The topological polar surface area (TPSA) is 139 Å². The second kappa shape index (κ2) is 27.0. The Bertz CT molecular complexity index is 8500. The maximum Gasteiger partial charge on any atom is 0.295 e. The molecule has 119 heavy (non-hydrogen) atoms. The number of nitrogens with zero attached hydrogens (tertiary/aromatic N) is 12. The third-order valence-corrected chi connectivity index (χ3v) is 22.8. The Kier molecular flexibility index (Phi) is 16.2. The lowest BCUT2D eigenvalue weighted by Crippen LogP contribution is -2.30. The summed E-state index contributed by atoms with van der Waals surface area (Å²) in [6, 6.07) is 69.8. The van der Waals surface area contributed by atoms with Crippen molar-refractivity contribution in [3.8, 4) is 22.7 Å². The Hall–Kier alpha value is -15.1. The fraction of sp³-hybridized carbons (Fsp3) is 0.0833. The molecule has 0 N–H and O–H groups in total. The lowest BCUT2D eigenvalue weighted by molar-refractivity contribution is -0.647. The maximum absolute atomic E-state index is 15.0. The average molecular weight is 1580 g/mol. The number of rotatable bonds is 4. The molecule has 0 aliphatic rings. The van der Waals surface area contributed by atoms with Crippen LogP contribution in [0.1, 0.15) is 22.3 Å². The minimum atomic E-state index is -0.902. The van der Waals surface area contributed by atoms with E-state index in [-0.39, 0.29) is 27.9 Å². The zero-order valence-corrected chi connectivity index (χ0v) is 64.8. The average Bonchev–Trinajstić information content (AvgIpc) is 1.60. The van der Waals surface area contributed by atoms with Crippen molar-refractivity contribution in [3.63, 3.8) is 0 Å². The normalized spacial score (nSPS) is 12.0. The van der Waals surface area contributed by atoms with Gasteiger partial charge in [0.1, 0.15) is 62.1 Å². The van der Waals surface area contributed by atoms with Crippen LogP contribution in [0.4, 0.5) is 30.7 Å². The van der Waals surface area contributed by atoms with E-state index in [0.717, 1.165) is 139 Å². The summed E-state index contributed by atoms with van der Waals surface area (Å²) in [5.41, 5.74) is 17.7. The number of benzene rings is 8. The van der Waals surface area contributed by atoms with Crippen LogP contribution in [-0.2, 0) is 28.2 Å². The molecule has 578 valence electrons. The van der Waals surface area contributed by atoms with Gasteiger partial charge in [-0.25, -0.2) is 31.4 Å². The first-order valence-electron chi connectivity index (χ1n) is 38.3. The van der Waals surface area contributed by atoms with E-state index in [1.54, 1.807) is 12.1 Å². The van der Waals surface area contributed by atoms with Crippen LogP contribution in [0.3, 0.4) is 0 Å². The van der Waals surface area contributed by atoms with E-state index >= 15 is 4.39 Å². The lowest BCUT2D eigenvalue weighted by Gasteiger charge is -2.07. The second-order valence-corrected chi connectivity index (χ2v) is 30.0. The van der Waals surface area contributed by atoms with Gasteiger partial charge in [0.05, 0.1) is 96.1 Å². The molecule has 0 fully saturated rings. The maximum atomic E-state index is 15.0. The molecular formula is C96H65F7N12O4+4. The summed E-state index contributed by atoms with van der Waals surface area (Å²) in [6.45, 7) is 7.90. The predicted octanol–water partition coefficient (Wildman–Crippen LogP) is 21.8. The number of hydrogen-bond donors (Lipinski definition) is 0. The van der Waals surface area contributed by atoms with E-state index in [2.05, 4.69) is 163 Å². The van der Waals surface area contributed by atoms with Crippen molar-refractivity contribution in [2.24, 2.45) is 28.2 Å². The molecule has 0 spiro atoms. The van der Waals surface area contributed by atoms with Gasteiger partial charge in [0.15, 0.2) is 22.5 Å². The number of hydrogen-bond acceptors (Lipinski definition) is 8. The minimum Gasteiger partial charge on any atom is -0.437 e. The smallest absolute Gasteiger partial charge is 0.295 e. The minimum absolute atomic E-state index is 0.0353. The van der Waals surface area contributed by atoms with Gasteiger partial charge in [-0.15, -0.1) is 0 Å². The van der Waals surface area contributed by atoms with E-state index in [1.807, 2.05) is 150 Å². The molecule has 0 saturated heterocycles. The number of aryl methyl sites for hydroxylation is 8. The zero-order valence-electron chi connectivity index (χ0n) is 64.8. The molecule has 8 aromatic carbocycles. The largest absolute Gasteiger partial charge is 0.437 e. The van der Waals surface area contributed by atoms with Crippen LogP contribution >= 0.6 is 0 Å². The van der Waals surface area contributed by atoms with Gasteiger partial charge in [0.2, 0.25) is 46.6 Å². The number of fused-ring (bicyclic) bond motifs is 24. The quantitative estimate of drug-likeness (QED) is 0.0964. The highest BCUT2D eigenvalue weighted by Crippen LogP contribution is 2.44. The van der Waals surface area contributed by atoms with Crippen LogP contribution in [0.15, 0.2) is 267 Å². The highest BCUT2D eigenvalue weighted by Gasteiger charge is 2.33. The zero-order chi connectivity index (χ0) is 81.4. The molecular weight excluding hydrogens is 1520 g/mol. The molecule has 16 heterocycles. The fourth-order valence-electron chi connectivity index (χ4n) is 17.7. The number of aromatic nitrogens is 12. The van der Waals surface area contributed by atoms with Crippen molar-refractivity contribution < 1.29 is 66.7 Å². The molecule has 16 nitrogen and oxygen atoms in total. The van der Waals surface area contributed by atoms with Crippen molar-refractivity contribution in [2.45, 2.75) is 27.7 Å². The number of halogens is 7. The van der Waals surface area contributed by atoms with Crippen molar-refractivity contribution in [2.75, 3.05) is 0 Å². The summed E-state index contributed by atoms with van der Waals surface area (Å²) in [7, 11) is 8.03. The molecule has 16 aromatic heterocycles. The highest BCUT2D eigenvalue weighted by atomic mass is 19.2. The van der Waals surface area contributed by atoms with E-state index < -0.39 is 41.2 Å². The summed E-state index contributed by atoms with van der Waals surface area (Å²) >= 11 is 0. The Labute approximate surface area is 668 Å². The van der Waals surface area contributed by atoms with Crippen LogP contribution in [-0.4, -0.2) is 38.2 Å². The van der Waals surface area contributed by atoms with Gasteiger partial charge in [0.25, 0.3) is 22.6 Å². The molecule has 0 amide bonds. The number of furan rings is 4. The number of para-hydroxylation sites is 4. The first kappa shape index (κ1) is 71.6. The SMILES string of the molecule is Cc1cc(F)c2c(oc3nc(F)ccc32)c1-n1c2ccccc2c2ccc[n+](C)c21.Cc1cc2c(cc1-n1c3ccccc3c3ccc[n+](C)c31)oc1nc(F)cc(F)c12.Cc1cc2c(cc1-n1c3ccccc3c3ccc[n+](C)c31)oc1nc(F)ccc12.Cc1ccc2c(oc3nc(F)cc(F)c32)c1-n1c2ccccc2c2ccc[n+](C)c21. The fourth-order valence-corrected chi connectivity index (χ4v) is 17.7. The molecule has 24 aromatic rings. The van der Waals surface area contributed by atoms with Gasteiger partial charge in [-0.05, 0) is 184 Å². The summed E-state index contributed by atoms with van der Waals surface area (Å²) < 4.78 is 139. The van der Waals surface area contributed by atoms with Gasteiger partial charge < -0.3 is 17.7 Å². The first-order valence-corrected chi connectivity index (χ1v) is 38.3. The van der Waals surface area contributed by atoms with Crippen LogP contribution in [0.2, 0.25) is 0 Å². The standard InChI is InChI=1S/3C24H16F2N3O.C24H17FN3O/c1-13-12-17(25)20-16-9-10-19(26)27-23(16)30-22(20)21(13)29-18-8-4-3-6-14(18)15-7-5-11-28(2)24(15)29;1-13-9-10-16-20-17(25)12-19(26)27-23(20)30-22(16)21(13)29-18-8-4-3-6-14(18)15-7-5-11-28(2)24(15)29;1-13-10-16-20(30-23-22(16)17(25)11-21(26)27-23)12-19(13)29-18-8-4-3-6-14(18)15-7-5-9-28(2)24(15)29;1-14-12-18-16-9-10-22(25)26-23(16)29-21(18)13-20(14)28-19-8-4-3-6-15(19)17-7-5-11-27(2)24(17)28/h3*3-12H,1-2H3;3-13H,1-2H3/q4*+1. The van der Waals surface area contributed by atoms with Gasteiger partial charge in [0, 0.05) is 78.5 Å². The van der Waals surface area contributed by atoms with Crippen molar-refractivity contribution in [3.05, 3.63) is 313 Å². The molecule has 24 rings (SSSR count). The Morgan fingerprint density at radius 2 is 0.613 bits per heavy atom. The molecule has 0 unspecified atom stereocenters. The first-order chi connectivity index (χ1) is 57.7. The Morgan fingerprint density at radius 3 is 1.10 bits per heavy atom. The van der Waals surface area contributed by atoms with Crippen molar-refractivity contribution >= 4 is 176 Å². The molecule has 0 aliphatic carbocycles. The van der Waals surface area contributed by atoms with Gasteiger partial charge in [-0.2, -0.15) is 55.8 Å². The molecule has 23 heteroatoms. The predicted molar refractivity (Wildman–Crippen MR) is 447 cm³/mol. The summed E-state index contributed by atoms with van der Waals surface area (Å²) in [5, 5.41) is 13.1. The Balaban J connectivity index is 0.0000000984. The van der Waals surface area contributed by atoms with Crippen LogP contribution in [0.25, 0.3) is 199 Å². The third-order valence-electron chi connectivity index (χ3n) is 22.8. The van der Waals surface area contributed by atoms with E-state index in [1.165, 1.54) is 35.0 Å². The van der Waals surface area contributed by atoms with E-state index in [4.69, 9.17) is 17.7 Å². The van der Waals surface area contributed by atoms with Crippen molar-refractivity contribution in [1.29, 1.82) is 0 Å². The monoisotopic (exact) mass is 1580 g/mol. The highest BCUT2D eigenvalue weighted by molar-refractivity contribution is 6.15. The molecule has 0 bridgehead atoms. The summed E-state index contributed by atoms with van der Waals surface area (Å²) in [4.78, 5) is 15.2. The van der Waals surface area contributed by atoms with E-state index in [9.17, 15) is 26.3 Å².